The summed E-state index contributed by atoms with van der Waals surface area (Å²) in [7, 11) is 0. The molecule has 0 saturated carbocycles. The standard InChI is InChI=1S/C16H24FNOS/c1-11(2)16(12(3)4)18-15(19)10-20-9-13-5-7-14(17)8-6-13/h5-8,11-12,16H,9-10H2,1-4H3,(H,18,19). The quantitative estimate of drug-likeness (QED) is 0.828. The average molecular weight is 297 g/mol. The number of thioether (sulfide) groups is 1. The van der Waals surface area contributed by atoms with E-state index in [1.165, 1.54) is 12.1 Å². The van der Waals surface area contributed by atoms with Crippen LogP contribution in [-0.4, -0.2) is 17.7 Å². The first-order valence-electron chi connectivity index (χ1n) is 7.01. The molecule has 112 valence electrons. The highest BCUT2D eigenvalue weighted by Crippen LogP contribution is 2.15. The summed E-state index contributed by atoms with van der Waals surface area (Å²) in [6.45, 7) is 8.49. The van der Waals surface area contributed by atoms with Gasteiger partial charge in [0.15, 0.2) is 0 Å². The maximum Gasteiger partial charge on any atom is 0.230 e. The number of hydrogen-bond donors (Lipinski definition) is 1. The first-order chi connectivity index (χ1) is 9.40. The van der Waals surface area contributed by atoms with E-state index in [2.05, 4.69) is 33.0 Å². The molecule has 0 heterocycles. The monoisotopic (exact) mass is 297 g/mol. The van der Waals surface area contributed by atoms with Crippen LogP contribution in [0.25, 0.3) is 0 Å². The lowest BCUT2D eigenvalue weighted by Gasteiger charge is -2.26. The molecule has 0 saturated heterocycles. The fourth-order valence-electron chi connectivity index (χ4n) is 2.17. The van der Waals surface area contributed by atoms with Crippen molar-refractivity contribution in [3.05, 3.63) is 35.6 Å². The highest BCUT2D eigenvalue weighted by atomic mass is 32.2. The molecule has 1 rings (SSSR count). The Morgan fingerprint density at radius 2 is 1.70 bits per heavy atom. The van der Waals surface area contributed by atoms with Crippen molar-refractivity contribution in [1.82, 2.24) is 5.32 Å². The van der Waals surface area contributed by atoms with E-state index in [1.807, 2.05) is 0 Å². The molecule has 0 aliphatic heterocycles. The molecule has 1 aromatic rings. The van der Waals surface area contributed by atoms with Crippen molar-refractivity contribution in [2.24, 2.45) is 11.8 Å². The normalized spacial score (nSPS) is 11.4. The van der Waals surface area contributed by atoms with E-state index in [-0.39, 0.29) is 17.8 Å². The Labute approximate surface area is 125 Å². The number of carbonyl (C=O) groups excluding carboxylic acids is 1. The van der Waals surface area contributed by atoms with Gasteiger partial charge in [0.05, 0.1) is 5.75 Å². The maximum absolute atomic E-state index is 12.8. The Morgan fingerprint density at radius 1 is 1.15 bits per heavy atom. The first-order valence-corrected chi connectivity index (χ1v) is 8.17. The summed E-state index contributed by atoms with van der Waals surface area (Å²) in [5.41, 5.74) is 1.04. The summed E-state index contributed by atoms with van der Waals surface area (Å²) in [6, 6.07) is 6.62. The topological polar surface area (TPSA) is 29.1 Å². The Hall–Kier alpha value is -1.03. The molecule has 1 aromatic carbocycles. The largest absolute Gasteiger partial charge is 0.352 e. The highest BCUT2D eigenvalue weighted by molar-refractivity contribution is 7.99. The van der Waals surface area contributed by atoms with Gasteiger partial charge in [0, 0.05) is 11.8 Å². The molecule has 1 N–H and O–H groups in total. The smallest absolute Gasteiger partial charge is 0.230 e. The Balaban J connectivity index is 2.34. The van der Waals surface area contributed by atoms with Crippen LogP contribution in [0.5, 0.6) is 0 Å². The van der Waals surface area contributed by atoms with Crippen molar-refractivity contribution < 1.29 is 9.18 Å². The molecule has 0 unspecified atom stereocenters. The first kappa shape index (κ1) is 17.0. The van der Waals surface area contributed by atoms with E-state index < -0.39 is 0 Å². The Morgan fingerprint density at radius 3 is 2.20 bits per heavy atom. The average Bonchev–Trinajstić information content (AvgIpc) is 2.37. The third-order valence-corrected chi connectivity index (χ3v) is 4.18. The molecule has 0 atom stereocenters. The number of amides is 1. The number of halogens is 1. The van der Waals surface area contributed by atoms with Crippen molar-refractivity contribution in [3.63, 3.8) is 0 Å². The summed E-state index contributed by atoms with van der Waals surface area (Å²) >= 11 is 1.55. The fraction of sp³-hybridized carbons (Fsp3) is 0.562. The van der Waals surface area contributed by atoms with Gasteiger partial charge in [-0.15, -0.1) is 11.8 Å². The van der Waals surface area contributed by atoms with Crippen molar-refractivity contribution >= 4 is 17.7 Å². The van der Waals surface area contributed by atoms with Gasteiger partial charge < -0.3 is 5.32 Å². The number of hydrogen-bond acceptors (Lipinski definition) is 2. The van der Waals surface area contributed by atoms with Crippen LogP contribution in [0.1, 0.15) is 33.3 Å². The van der Waals surface area contributed by atoms with E-state index in [1.54, 1.807) is 23.9 Å². The van der Waals surface area contributed by atoms with Crippen LogP contribution >= 0.6 is 11.8 Å². The molecular formula is C16H24FNOS. The molecule has 0 spiro atoms. The van der Waals surface area contributed by atoms with Crippen LogP contribution in [0.2, 0.25) is 0 Å². The predicted molar refractivity (Wildman–Crippen MR) is 84.2 cm³/mol. The van der Waals surface area contributed by atoms with Crippen molar-refractivity contribution in [2.75, 3.05) is 5.75 Å². The number of benzene rings is 1. The van der Waals surface area contributed by atoms with Gasteiger partial charge in [-0.2, -0.15) is 0 Å². The zero-order chi connectivity index (χ0) is 15.1. The summed E-state index contributed by atoms with van der Waals surface area (Å²) < 4.78 is 12.8. The van der Waals surface area contributed by atoms with Gasteiger partial charge in [0.25, 0.3) is 0 Å². The van der Waals surface area contributed by atoms with E-state index in [4.69, 9.17) is 0 Å². The zero-order valence-electron chi connectivity index (χ0n) is 12.7. The predicted octanol–water partition coefficient (Wildman–Crippen LogP) is 3.86. The summed E-state index contributed by atoms with van der Waals surface area (Å²) in [5.74, 6) is 1.87. The second kappa shape index (κ2) is 8.30. The van der Waals surface area contributed by atoms with Crippen LogP contribution in [0.4, 0.5) is 4.39 Å². The maximum atomic E-state index is 12.8. The highest BCUT2D eigenvalue weighted by Gasteiger charge is 2.19. The van der Waals surface area contributed by atoms with Crippen LogP contribution in [0.15, 0.2) is 24.3 Å². The second-order valence-corrected chi connectivity index (χ2v) is 6.69. The molecule has 0 radical (unpaired) electrons. The van der Waals surface area contributed by atoms with Gasteiger partial charge in [-0.1, -0.05) is 39.8 Å². The minimum Gasteiger partial charge on any atom is -0.352 e. The summed E-state index contributed by atoms with van der Waals surface area (Å²) in [6.07, 6.45) is 0. The van der Waals surface area contributed by atoms with Crippen molar-refractivity contribution in [1.29, 1.82) is 0 Å². The SMILES string of the molecule is CC(C)C(NC(=O)CSCc1ccc(F)cc1)C(C)C. The molecule has 0 bridgehead atoms. The summed E-state index contributed by atoms with van der Waals surface area (Å²) in [5, 5.41) is 3.09. The molecule has 4 heteroatoms. The van der Waals surface area contributed by atoms with Crippen LogP contribution in [0, 0.1) is 17.7 Å². The number of nitrogens with one attached hydrogen (secondary N) is 1. The molecule has 1 amide bonds. The number of carbonyl (C=O) groups is 1. The lowest BCUT2D eigenvalue weighted by molar-refractivity contribution is -0.119. The zero-order valence-corrected chi connectivity index (χ0v) is 13.5. The third-order valence-electron chi connectivity index (χ3n) is 3.18. The van der Waals surface area contributed by atoms with Crippen LogP contribution < -0.4 is 5.32 Å². The Kier molecular flexibility index (Phi) is 7.06. The molecule has 0 aliphatic rings. The van der Waals surface area contributed by atoms with Gasteiger partial charge in [-0.3, -0.25) is 4.79 Å². The fourth-order valence-corrected chi connectivity index (χ4v) is 2.97. The molecule has 0 fully saturated rings. The van der Waals surface area contributed by atoms with Gasteiger partial charge in [0.1, 0.15) is 5.82 Å². The lowest BCUT2D eigenvalue weighted by atomic mass is 9.93. The molecule has 20 heavy (non-hydrogen) atoms. The molecule has 0 aromatic heterocycles. The summed E-state index contributed by atoms with van der Waals surface area (Å²) in [4.78, 5) is 11.9. The second-order valence-electron chi connectivity index (χ2n) is 5.70. The lowest BCUT2D eigenvalue weighted by Crippen LogP contribution is -2.43. The van der Waals surface area contributed by atoms with Crippen LogP contribution in [-0.2, 0) is 10.5 Å². The van der Waals surface area contributed by atoms with Crippen LogP contribution in [0.3, 0.4) is 0 Å². The van der Waals surface area contributed by atoms with E-state index in [9.17, 15) is 9.18 Å². The Bertz CT molecular complexity index is 409. The molecule has 0 aliphatic carbocycles. The third kappa shape index (κ3) is 5.95. The van der Waals surface area contributed by atoms with Crippen molar-refractivity contribution in [3.8, 4) is 0 Å². The molecule has 2 nitrogen and oxygen atoms in total. The minimum absolute atomic E-state index is 0.0736. The van der Waals surface area contributed by atoms with E-state index in [0.29, 0.717) is 17.6 Å². The molecular weight excluding hydrogens is 273 g/mol. The van der Waals surface area contributed by atoms with Gasteiger partial charge >= 0.3 is 0 Å². The van der Waals surface area contributed by atoms with Gasteiger partial charge in [-0.25, -0.2) is 4.39 Å². The van der Waals surface area contributed by atoms with Crippen molar-refractivity contribution in [2.45, 2.75) is 39.5 Å². The van der Waals surface area contributed by atoms with Gasteiger partial charge in [-0.05, 0) is 29.5 Å². The minimum atomic E-state index is -0.229. The van der Waals surface area contributed by atoms with E-state index >= 15 is 0 Å². The van der Waals surface area contributed by atoms with Gasteiger partial charge in [0.2, 0.25) is 5.91 Å². The van der Waals surface area contributed by atoms with E-state index in [0.717, 1.165) is 11.3 Å². The number of rotatable bonds is 7.